The van der Waals surface area contributed by atoms with Crippen molar-refractivity contribution in [1.82, 2.24) is 15.2 Å². The molecule has 0 radical (unpaired) electrons. The number of aryl methyl sites for hydroxylation is 1. The first kappa shape index (κ1) is 12.9. The van der Waals surface area contributed by atoms with Crippen LogP contribution < -0.4 is 0 Å². The maximum atomic E-state index is 11.6. The van der Waals surface area contributed by atoms with Gasteiger partial charge in [0.2, 0.25) is 15.0 Å². The molecular formula is C10H17N3O2S. The van der Waals surface area contributed by atoms with E-state index in [9.17, 15) is 8.42 Å². The molecule has 5 nitrogen and oxygen atoms in total. The van der Waals surface area contributed by atoms with Crippen LogP contribution in [0.1, 0.15) is 32.0 Å². The van der Waals surface area contributed by atoms with Gasteiger partial charge in [0.1, 0.15) is 5.82 Å². The van der Waals surface area contributed by atoms with E-state index < -0.39 is 9.84 Å². The number of hydrogen-bond acceptors (Lipinski definition) is 4. The molecular weight excluding hydrogens is 226 g/mol. The molecule has 0 bridgehead atoms. The summed E-state index contributed by atoms with van der Waals surface area (Å²) in [5, 5.41) is 7.40. The van der Waals surface area contributed by atoms with Crippen LogP contribution in [0.3, 0.4) is 0 Å². The largest absolute Gasteiger partial charge is 0.316 e. The third kappa shape index (κ3) is 3.44. The van der Waals surface area contributed by atoms with Crippen LogP contribution in [0.25, 0.3) is 0 Å². The molecule has 0 atom stereocenters. The van der Waals surface area contributed by atoms with Gasteiger partial charge in [0, 0.05) is 6.42 Å². The van der Waals surface area contributed by atoms with Gasteiger partial charge in [0.05, 0.1) is 5.75 Å². The summed E-state index contributed by atoms with van der Waals surface area (Å²) < 4.78 is 23.1. The van der Waals surface area contributed by atoms with Crippen LogP contribution in [0.15, 0.2) is 17.8 Å². The number of aromatic amines is 1. The van der Waals surface area contributed by atoms with Crippen molar-refractivity contribution < 1.29 is 8.42 Å². The van der Waals surface area contributed by atoms with Gasteiger partial charge in [-0.05, 0) is 6.42 Å². The molecule has 1 N–H and O–H groups in total. The zero-order valence-corrected chi connectivity index (χ0v) is 10.3. The number of hydrogen-bond donors (Lipinski definition) is 1. The van der Waals surface area contributed by atoms with Gasteiger partial charge >= 0.3 is 0 Å². The van der Waals surface area contributed by atoms with Crippen molar-refractivity contribution in [2.75, 3.05) is 5.75 Å². The summed E-state index contributed by atoms with van der Waals surface area (Å²) in [5.74, 6) is 0.521. The van der Waals surface area contributed by atoms with Gasteiger partial charge in [-0.2, -0.15) is 0 Å². The lowest BCUT2D eigenvalue weighted by molar-refractivity contribution is 0.590. The number of sulfone groups is 1. The Balaban J connectivity index is 2.67. The van der Waals surface area contributed by atoms with Crippen LogP contribution in [0.4, 0.5) is 0 Å². The highest BCUT2D eigenvalue weighted by molar-refractivity contribution is 7.91. The summed E-state index contributed by atoms with van der Waals surface area (Å²) in [6, 6.07) is 0. The number of unbranched alkanes of at least 4 members (excludes halogenated alkanes) is 2. The Morgan fingerprint density at radius 3 is 2.75 bits per heavy atom. The minimum atomic E-state index is -3.37. The van der Waals surface area contributed by atoms with E-state index in [0.717, 1.165) is 25.7 Å². The van der Waals surface area contributed by atoms with E-state index in [2.05, 4.69) is 28.7 Å². The minimum absolute atomic E-state index is 0.0566. The van der Waals surface area contributed by atoms with E-state index in [1.165, 1.54) is 6.08 Å². The van der Waals surface area contributed by atoms with Gasteiger partial charge in [-0.25, -0.2) is 8.42 Å². The molecule has 0 spiro atoms. The highest BCUT2D eigenvalue weighted by Crippen LogP contribution is 2.07. The maximum absolute atomic E-state index is 11.6. The topological polar surface area (TPSA) is 75.7 Å². The third-order valence-corrected chi connectivity index (χ3v) is 3.61. The molecule has 0 aliphatic heterocycles. The summed E-state index contributed by atoms with van der Waals surface area (Å²) in [5.41, 5.74) is 0. The van der Waals surface area contributed by atoms with Gasteiger partial charge in [0.15, 0.2) is 0 Å². The predicted molar refractivity (Wildman–Crippen MR) is 61.9 cm³/mol. The third-order valence-electron chi connectivity index (χ3n) is 2.16. The van der Waals surface area contributed by atoms with Crippen LogP contribution in [0.2, 0.25) is 0 Å². The Bertz CT molecular complexity index is 437. The lowest BCUT2D eigenvalue weighted by atomic mass is 10.2. The van der Waals surface area contributed by atoms with E-state index in [4.69, 9.17) is 0 Å². The molecule has 0 unspecified atom stereocenters. The number of aromatic nitrogens is 3. The van der Waals surface area contributed by atoms with E-state index in [0.29, 0.717) is 5.82 Å². The van der Waals surface area contributed by atoms with E-state index in [1.807, 2.05) is 0 Å². The fraction of sp³-hybridized carbons (Fsp3) is 0.600. The first-order chi connectivity index (χ1) is 7.60. The molecule has 1 heterocycles. The van der Waals surface area contributed by atoms with E-state index in [-0.39, 0.29) is 10.9 Å². The molecule has 90 valence electrons. The first-order valence-electron chi connectivity index (χ1n) is 5.35. The van der Waals surface area contributed by atoms with Crippen molar-refractivity contribution in [3.8, 4) is 0 Å². The molecule has 0 aliphatic carbocycles. The van der Waals surface area contributed by atoms with E-state index >= 15 is 0 Å². The minimum Gasteiger partial charge on any atom is -0.316 e. The van der Waals surface area contributed by atoms with Crippen molar-refractivity contribution in [2.24, 2.45) is 0 Å². The maximum Gasteiger partial charge on any atom is 0.247 e. The van der Waals surface area contributed by atoms with Crippen molar-refractivity contribution in [3.05, 3.63) is 18.5 Å². The summed E-state index contributed by atoms with van der Waals surface area (Å²) in [7, 11) is -3.37. The average molecular weight is 243 g/mol. The number of rotatable bonds is 7. The molecule has 6 heteroatoms. The normalized spacial score (nSPS) is 11.6. The molecule has 1 rings (SSSR count). The van der Waals surface area contributed by atoms with Gasteiger partial charge < -0.3 is 4.98 Å². The Labute approximate surface area is 95.9 Å². The van der Waals surface area contributed by atoms with Gasteiger partial charge in [0.25, 0.3) is 0 Å². The molecule has 0 aromatic carbocycles. The van der Waals surface area contributed by atoms with Gasteiger partial charge in [-0.1, -0.05) is 25.8 Å². The van der Waals surface area contributed by atoms with Crippen LogP contribution in [-0.4, -0.2) is 29.4 Å². The molecule has 0 aliphatic rings. The standard InChI is InChI=1S/C10H17N3O2S/c1-3-5-6-7-9-11-10(13-12-9)16(14,15)8-4-2/h4H,2-3,5-8H2,1H3,(H,11,12,13). The zero-order valence-electron chi connectivity index (χ0n) is 9.44. The average Bonchev–Trinajstić information content (AvgIpc) is 2.67. The van der Waals surface area contributed by atoms with Crippen molar-refractivity contribution >= 4 is 9.84 Å². The lowest BCUT2D eigenvalue weighted by Crippen LogP contribution is -2.06. The number of H-pyrrole nitrogens is 1. The smallest absolute Gasteiger partial charge is 0.247 e. The Kier molecular flexibility index (Phi) is 4.67. The molecule has 0 saturated carbocycles. The Hall–Kier alpha value is -1.17. The van der Waals surface area contributed by atoms with Crippen molar-refractivity contribution in [1.29, 1.82) is 0 Å². The van der Waals surface area contributed by atoms with Crippen molar-refractivity contribution in [2.45, 2.75) is 37.8 Å². The van der Waals surface area contributed by atoms with Gasteiger partial charge in [-0.3, -0.25) is 0 Å². The summed E-state index contributed by atoms with van der Waals surface area (Å²) >= 11 is 0. The Morgan fingerprint density at radius 2 is 2.12 bits per heavy atom. The highest BCUT2D eigenvalue weighted by atomic mass is 32.2. The second-order valence-electron chi connectivity index (χ2n) is 3.60. The van der Waals surface area contributed by atoms with Crippen LogP contribution >= 0.6 is 0 Å². The van der Waals surface area contributed by atoms with Crippen LogP contribution in [-0.2, 0) is 16.3 Å². The number of nitrogens with one attached hydrogen (secondary N) is 1. The first-order valence-corrected chi connectivity index (χ1v) is 7.00. The summed E-state index contributed by atoms with van der Waals surface area (Å²) in [4.78, 5) is 2.74. The predicted octanol–water partition coefficient (Wildman–Crippen LogP) is 1.50. The second-order valence-corrected chi connectivity index (χ2v) is 5.55. The zero-order chi connectivity index (χ0) is 12.0. The second kappa shape index (κ2) is 5.79. The van der Waals surface area contributed by atoms with Crippen LogP contribution in [0.5, 0.6) is 0 Å². The number of nitrogens with zero attached hydrogens (tertiary/aromatic N) is 2. The molecule has 0 amide bonds. The molecule has 16 heavy (non-hydrogen) atoms. The van der Waals surface area contributed by atoms with Crippen molar-refractivity contribution in [3.63, 3.8) is 0 Å². The lowest BCUT2D eigenvalue weighted by Gasteiger charge is -1.95. The summed E-state index contributed by atoms with van der Waals surface area (Å²) in [6.07, 6.45) is 5.30. The fourth-order valence-electron chi connectivity index (χ4n) is 1.31. The molecule has 0 saturated heterocycles. The Morgan fingerprint density at radius 1 is 1.38 bits per heavy atom. The highest BCUT2D eigenvalue weighted by Gasteiger charge is 2.17. The fourth-order valence-corrected chi connectivity index (χ4v) is 2.21. The SMILES string of the molecule is C=CCS(=O)(=O)c1nnc(CCCCC)[nH]1. The van der Waals surface area contributed by atoms with Crippen LogP contribution in [0, 0.1) is 0 Å². The van der Waals surface area contributed by atoms with E-state index in [1.54, 1.807) is 0 Å². The molecule has 0 fully saturated rings. The molecule has 1 aromatic rings. The summed E-state index contributed by atoms with van der Waals surface area (Å²) in [6.45, 7) is 5.51. The van der Waals surface area contributed by atoms with Gasteiger partial charge in [-0.15, -0.1) is 16.8 Å². The monoisotopic (exact) mass is 243 g/mol. The quantitative estimate of drug-likeness (QED) is 0.581. The molecule has 1 aromatic heterocycles.